The van der Waals surface area contributed by atoms with Crippen LogP contribution in [0.1, 0.15) is 37.9 Å². The molecule has 1 nitrogen and oxygen atoms in total. The standard InChI is InChI=1S/C14H21N/c1-10(2)14-13-7-5-4-6-12(13)8-11(3)9-15-14/h4-7,10-11,14-15H,8-9H2,1-3H3. The molecule has 0 aromatic heterocycles. The third kappa shape index (κ3) is 2.23. The molecule has 1 aromatic carbocycles. The second kappa shape index (κ2) is 4.36. The number of rotatable bonds is 1. The third-order valence-corrected chi connectivity index (χ3v) is 3.31. The van der Waals surface area contributed by atoms with Crippen LogP contribution < -0.4 is 5.32 Å². The lowest BCUT2D eigenvalue weighted by molar-refractivity contribution is 0.395. The summed E-state index contributed by atoms with van der Waals surface area (Å²) in [6.07, 6.45) is 1.21. The van der Waals surface area contributed by atoms with Crippen molar-refractivity contribution in [3.8, 4) is 0 Å². The van der Waals surface area contributed by atoms with Crippen molar-refractivity contribution in [1.29, 1.82) is 0 Å². The fourth-order valence-electron chi connectivity index (χ4n) is 2.50. The van der Waals surface area contributed by atoms with Gasteiger partial charge >= 0.3 is 0 Å². The van der Waals surface area contributed by atoms with E-state index in [-0.39, 0.29) is 0 Å². The van der Waals surface area contributed by atoms with Crippen LogP contribution in [0.25, 0.3) is 0 Å². The van der Waals surface area contributed by atoms with E-state index in [0.29, 0.717) is 12.0 Å². The van der Waals surface area contributed by atoms with E-state index < -0.39 is 0 Å². The van der Waals surface area contributed by atoms with Crippen LogP contribution in [0.5, 0.6) is 0 Å². The van der Waals surface area contributed by atoms with Gasteiger partial charge in [0, 0.05) is 6.04 Å². The van der Waals surface area contributed by atoms with Gasteiger partial charge in [-0.25, -0.2) is 0 Å². The van der Waals surface area contributed by atoms with Gasteiger partial charge in [-0.1, -0.05) is 45.0 Å². The van der Waals surface area contributed by atoms with Crippen molar-refractivity contribution >= 4 is 0 Å². The van der Waals surface area contributed by atoms with E-state index in [1.807, 2.05) is 0 Å². The van der Waals surface area contributed by atoms with Crippen molar-refractivity contribution < 1.29 is 0 Å². The highest BCUT2D eigenvalue weighted by molar-refractivity contribution is 5.31. The molecule has 0 radical (unpaired) electrons. The van der Waals surface area contributed by atoms with E-state index in [0.717, 1.165) is 12.5 Å². The molecule has 0 spiro atoms. The molecule has 0 saturated heterocycles. The Morgan fingerprint density at radius 1 is 1.27 bits per heavy atom. The average Bonchev–Trinajstić information content (AvgIpc) is 2.35. The molecule has 1 aliphatic rings. The van der Waals surface area contributed by atoms with Crippen molar-refractivity contribution in [2.24, 2.45) is 11.8 Å². The number of benzene rings is 1. The maximum atomic E-state index is 3.69. The second-order valence-corrected chi connectivity index (χ2v) is 5.14. The molecule has 2 atom stereocenters. The normalized spacial score (nSPS) is 26.1. The van der Waals surface area contributed by atoms with Gasteiger partial charge < -0.3 is 5.32 Å². The monoisotopic (exact) mass is 203 g/mol. The molecule has 0 aliphatic carbocycles. The van der Waals surface area contributed by atoms with Gasteiger partial charge in [0.15, 0.2) is 0 Å². The molecule has 2 rings (SSSR count). The largest absolute Gasteiger partial charge is 0.309 e. The highest BCUT2D eigenvalue weighted by Crippen LogP contribution is 2.29. The molecule has 1 N–H and O–H groups in total. The molecule has 2 unspecified atom stereocenters. The minimum atomic E-state index is 0.533. The van der Waals surface area contributed by atoms with E-state index in [9.17, 15) is 0 Å². The number of hydrogen-bond donors (Lipinski definition) is 1. The fraction of sp³-hybridized carbons (Fsp3) is 0.571. The summed E-state index contributed by atoms with van der Waals surface area (Å²) < 4.78 is 0. The summed E-state index contributed by atoms with van der Waals surface area (Å²) in [4.78, 5) is 0. The zero-order chi connectivity index (χ0) is 10.8. The van der Waals surface area contributed by atoms with E-state index in [1.54, 1.807) is 0 Å². The van der Waals surface area contributed by atoms with Crippen molar-refractivity contribution in [3.05, 3.63) is 35.4 Å². The third-order valence-electron chi connectivity index (χ3n) is 3.31. The molecular formula is C14H21N. The first-order valence-electron chi connectivity index (χ1n) is 5.99. The van der Waals surface area contributed by atoms with Crippen molar-refractivity contribution in [2.75, 3.05) is 6.54 Å². The molecular weight excluding hydrogens is 182 g/mol. The molecule has 1 heteroatoms. The van der Waals surface area contributed by atoms with Gasteiger partial charge in [-0.3, -0.25) is 0 Å². The summed E-state index contributed by atoms with van der Waals surface area (Å²) in [6.45, 7) is 8.05. The Balaban J connectivity index is 2.38. The van der Waals surface area contributed by atoms with Crippen LogP contribution in [-0.4, -0.2) is 6.54 Å². The van der Waals surface area contributed by atoms with E-state index >= 15 is 0 Å². The lowest BCUT2D eigenvalue weighted by atomic mass is 9.91. The zero-order valence-electron chi connectivity index (χ0n) is 9.96. The van der Waals surface area contributed by atoms with Gasteiger partial charge in [-0.2, -0.15) is 0 Å². The van der Waals surface area contributed by atoms with Gasteiger partial charge in [-0.05, 0) is 35.9 Å². The minimum absolute atomic E-state index is 0.533. The highest BCUT2D eigenvalue weighted by atomic mass is 14.9. The predicted octanol–water partition coefficient (Wildman–Crippen LogP) is 3.17. The molecule has 15 heavy (non-hydrogen) atoms. The number of fused-ring (bicyclic) bond motifs is 1. The first-order valence-corrected chi connectivity index (χ1v) is 5.99. The maximum absolute atomic E-state index is 3.69. The Hall–Kier alpha value is -0.820. The van der Waals surface area contributed by atoms with Crippen molar-refractivity contribution in [2.45, 2.75) is 33.2 Å². The van der Waals surface area contributed by atoms with Crippen LogP contribution in [0.4, 0.5) is 0 Å². The fourth-order valence-corrected chi connectivity index (χ4v) is 2.50. The lowest BCUT2D eigenvalue weighted by Crippen LogP contribution is -2.27. The van der Waals surface area contributed by atoms with Gasteiger partial charge in [0.05, 0.1) is 0 Å². The van der Waals surface area contributed by atoms with Crippen LogP contribution >= 0.6 is 0 Å². The Morgan fingerprint density at radius 3 is 2.73 bits per heavy atom. The first-order chi connectivity index (χ1) is 7.18. The van der Waals surface area contributed by atoms with E-state index in [2.05, 4.69) is 50.4 Å². The maximum Gasteiger partial charge on any atom is 0.0346 e. The van der Waals surface area contributed by atoms with Gasteiger partial charge in [0.2, 0.25) is 0 Å². The Bertz CT molecular complexity index is 330. The van der Waals surface area contributed by atoms with Gasteiger partial charge in [-0.15, -0.1) is 0 Å². The molecule has 1 aromatic rings. The topological polar surface area (TPSA) is 12.0 Å². The number of nitrogens with one attached hydrogen (secondary N) is 1. The zero-order valence-corrected chi connectivity index (χ0v) is 9.96. The van der Waals surface area contributed by atoms with Gasteiger partial charge in [0.25, 0.3) is 0 Å². The summed E-state index contributed by atoms with van der Waals surface area (Å²) in [6, 6.07) is 9.42. The Morgan fingerprint density at radius 2 is 2.00 bits per heavy atom. The summed E-state index contributed by atoms with van der Waals surface area (Å²) in [5, 5.41) is 3.69. The van der Waals surface area contributed by atoms with Crippen LogP contribution in [0.3, 0.4) is 0 Å². The molecule has 82 valence electrons. The SMILES string of the molecule is CC1CNC(C(C)C)c2ccccc2C1. The quantitative estimate of drug-likeness (QED) is 0.739. The summed E-state index contributed by atoms with van der Waals surface area (Å²) in [7, 11) is 0. The minimum Gasteiger partial charge on any atom is -0.309 e. The smallest absolute Gasteiger partial charge is 0.0346 e. The van der Waals surface area contributed by atoms with Crippen LogP contribution in [0.15, 0.2) is 24.3 Å². The van der Waals surface area contributed by atoms with Crippen molar-refractivity contribution in [1.82, 2.24) is 5.32 Å². The number of hydrogen-bond acceptors (Lipinski definition) is 1. The molecule has 0 amide bonds. The predicted molar refractivity (Wildman–Crippen MR) is 64.9 cm³/mol. The second-order valence-electron chi connectivity index (χ2n) is 5.14. The molecule has 0 saturated carbocycles. The highest BCUT2D eigenvalue weighted by Gasteiger charge is 2.22. The summed E-state index contributed by atoms with van der Waals surface area (Å²) in [5.41, 5.74) is 3.05. The van der Waals surface area contributed by atoms with E-state index in [4.69, 9.17) is 0 Å². The Labute approximate surface area is 92.9 Å². The van der Waals surface area contributed by atoms with Crippen LogP contribution in [-0.2, 0) is 6.42 Å². The lowest BCUT2D eigenvalue weighted by Gasteiger charge is -2.22. The molecule has 1 heterocycles. The summed E-state index contributed by atoms with van der Waals surface area (Å²) in [5.74, 6) is 1.41. The van der Waals surface area contributed by atoms with Crippen LogP contribution in [0.2, 0.25) is 0 Å². The van der Waals surface area contributed by atoms with Crippen molar-refractivity contribution in [3.63, 3.8) is 0 Å². The molecule has 1 aliphatic heterocycles. The molecule has 0 bridgehead atoms. The average molecular weight is 203 g/mol. The summed E-state index contributed by atoms with van der Waals surface area (Å²) >= 11 is 0. The first kappa shape index (κ1) is 10.7. The van der Waals surface area contributed by atoms with Gasteiger partial charge in [0.1, 0.15) is 0 Å². The molecule has 0 fully saturated rings. The Kier molecular flexibility index (Phi) is 3.11. The van der Waals surface area contributed by atoms with Crippen LogP contribution in [0, 0.1) is 11.8 Å². The van der Waals surface area contributed by atoms with E-state index in [1.165, 1.54) is 17.5 Å².